The number of carbonyl (C=O) groups is 2. The molecule has 114 valence electrons. The van der Waals surface area contributed by atoms with Crippen LogP contribution >= 0.6 is 0 Å². The molecule has 2 rings (SSSR count). The molecule has 5 nitrogen and oxygen atoms in total. The van der Waals surface area contributed by atoms with Crippen LogP contribution in [0.4, 0.5) is 10.1 Å². The van der Waals surface area contributed by atoms with Crippen LogP contribution in [-0.4, -0.2) is 25.5 Å². The van der Waals surface area contributed by atoms with Crippen molar-refractivity contribution in [1.29, 1.82) is 0 Å². The van der Waals surface area contributed by atoms with Crippen molar-refractivity contribution in [3.05, 3.63) is 59.9 Å². The predicted molar refractivity (Wildman–Crippen MR) is 80.4 cm³/mol. The van der Waals surface area contributed by atoms with E-state index in [2.05, 4.69) is 10.6 Å². The molecule has 2 aromatic rings. The highest BCUT2D eigenvalue weighted by Gasteiger charge is 2.09. The summed E-state index contributed by atoms with van der Waals surface area (Å²) in [6.07, 6.45) is 0. The summed E-state index contributed by atoms with van der Waals surface area (Å²) in [7, 11) is 1.51. The van der Waals surface area contributed by atoms with E-state index in [1.54, 1.807) is 24.3 Å². The first-order chi connectivity index (χ1) is 10.6. The first-order valence-electron chi connectivity index (χ1n) is 6.56. The minimum atomic E-state index is -0.400. The third-order valence-corrected chi connectivity index (χ3v) is 2.87. The van der Waals surface area contributed by atoms with Crippen molar-refractivity contribution in [1.82, 2.24) is 5.32 Å². The topological polar surface area (TPSA) is 67.4 Å². The quantitative estimate of drug-likeness (QED) is 0.890. The maximum Gasteiger partial charge on any atom is 0.251 e. The lowest BCUT2D eigenvalue weighted by molar-refractivity contribution is -0.115. The van der Waals surface area contributed by atoms with E-state index in [1.165, 1.54) is 31.4 Å². The molecule has 0 atom stereocenters. The zero-order valence-electron chi connectivity index (χ0n) is 11.9. The Balaban J connectivity index is 1.87. The molecule has 2 N–H and O–H groups in total. The number of amides is 2. The summed E-state index contributed by atoms with van der Waals surface area (Å²) >= 11 is 0. The molecule has 0 unspecified atom stereocenters. The zero-order chi connectivity index (χ0) is 15.9. The second kappa shape index (κ2) is 7.21. The number of nitrogens with one attached hydrogen (secondary N) is 2. The summed E-state index contributed by atoms with van der Waals surface area (Å²) in [6, 6.07) is 12.0. The maximum atomic E-state index is 12.7. The van der Waals surface area contributed by atoms with Gasteiger partial charge in [0.1, 0.15) is 11.6 Å². The normalized spacial score (nSPS) is 9.91. The molecule has 0 radical (unpaired) electrons. The molecule has 0 saturated carbocycles. The Hall–Kier alpha value is -2.89. The van der Waals surface area contributed by atoms with Crippen LogP contribution in [0.25, 0.3) is 0 Å². The fourth-order valence-corrected chi connectivity index (χ4v) is 1.77. The Labute approximate surface area is 127 Å². The SMILES string of the molecule is COc1cccc(C(=O)NCC(=O)Nc2ccc(F)cc2)c1. The first-order valence-corrected chi connectivity index (χ1v) is 6.56. The first kappa shape index (κ1) is 15.5. The number of ether oxygens (including phenoxy) is 1. The Morgan fingerprint density at radius 3 is 2.55 bits per heavy atom. The van der Waals surface area contributed by atoms with E-state index >= 15 is 0 Å². The summed E-state index contributed by atoms with van der Waals surface area (Å²) in [5.74, 6) is -0.608. The maximum absolute atomic E-state index is 12.7. The summed E-state index contributed by atoms with van der Waals surface area (Å²) in [5, 5.41) is 5.05. The van der Waals surface area contributed by atoms with Crippen LogP contribution in [0.5, 0.6) is 5.75 Å². The van der Waals surface area contributed by atoms with Crippen molar-refractivity contribution in [2.75, 3.05) is 19.0 Å². The molecular weight excluding hydrogens is 287 g/mol. The molecule has 22 heavy (non-hydrogen) atoms. The molecule has 0 spiro atoms. The van der Waals surface area contributed by atoms with Crippen LogP contribution in [-0.2, 0) is 4.79 Å². The van der Waals surface area contributed by atoms with Gasteiger partial charge in [-0.2, -0.15) is 0 Å². The van der Waals surface area contributed by atoms with Gasteiger partial charge in [-0.25, -0.2) is 4.39 Å². The average Bonchev–Trinajstić information content (AvgIpc) is 2.55. The van der Waals surface area contributed by atoms with E-state index in [0.717, 1.165) is 0 Å². The van der Waals surface area contributed by atoms with Crippen LogP contribution in [0.3, 0.4) is 0 Å². The third kappa shape index (κ3) is 4.31. The number of carbonyl (C=O) groups excluding carboxylic acids is 2. The summed E-state index contributed by atoms with van der Waals surface area (Å²) < 4.78 is 17.8. The van der Waals surface area contributed by atoms with Gasteiger partial charge in [-0.15, -0.1) is 0 Å². The fourth-order valence-electron chi connectivity index (χ4n) is 1.77. The van der Waals surface area contributed by atoms with Crippen LogP contribution in [0.1, 0.15) is 10.4 Å². The Kier molecular flexibility index (Phi) is 5.08. The molecule has 0 aliphatic rings. The molecule has 0 saturated heterocycles. The Bertz CT molecular complexity index is 671. The number of hydrogen-bond donors (Lipinski definition) is 2. The summed E-state index contributed by atoms with van der Waals surface area (Å²) in [5.41, 5.74) is 0.857. The zero-order valence-corrected chi connectivity index (χ0v) is 11.9. The number of hydrogen-bond acceptors (Lipinski definition) is 3. The van der Waals surface area contributed by atoms with Crippen molar-refractivity contribution in [2.24, 2.45) is 0 Å². The largest absolute Gasteiger partial charge is 0.497 e. The van der Waals surface area contributed by atoms with Gasteiger partial charge in [0.05, 0.1) is 13.7 Å². The van der Waals surface area contributed by atoms with E-state index in [4.69, 9.17) is 4.74 Å². The van der Waals surface area contributed by atoms with Crippen LogP contribution in [0.15, 0.2) is 48.5 Å². The van der Waals surface area contributed by atoms with Crippen molar-refractivity contribution >= 4 is 17.5 Å². The molecule has 0 aromatic heterocycles. The number of benzene rings is 2. The van der Waals surface area contributed by atoms with Gasteiger partial charge >= 0.3 is 0 Å². The Morgan fingerprint density at radius 2 is 1.86 bits per heavy atom. The van der Waals surface area contributed by atoms with Crippen molar-refractivity contribution < 1.29 is 18.7 Å². The summed E-state index contributed by atoms with van der Waals surface area (Å²) in [6.45, 7) is -0.187. The fraction of sp³-hybridized carbons (Fsp3) is 0.125. The van der Waals surface area contributed by atoms with Crippen molar-refractivity contribution in [3.8, 4) is 5.75 Å². The smallest absolute Gasteiger partial charge is 0.251 e. The van der Waals surface area contributed by atoms with Crippen LogP contribution < -0.4 is 15.4 Å². The standard InChI is InChI=1S/C16H15FN2O3/c1-22-14-4-2-3-11(9-14)16(21)18-10-15(20)19-13-7-5-12(17)6-8-13/h2-9H,10H2,1H3,(H,18,21)(H,19,20). The van der Waals surface area contributed by atoms with E-state index in [-0.39, 0.29) is 18.3 Å². The van der Waals surface area contributed by atoms with E-state index in [1.807, 2.05) is 0 Å². The second-order valence-corrected chi connectivity index (χ2v) is 4.47. The van der Waals surface area contributed by atoms with Crippen LogP contribution in [0.2, 0.25) is 0 Å². The molecule has 0 heterocycles. The van der Waals surface area contributed by atoms with Gasteiger partial charge in [0, 0.05) is 11.3 Å². The Morgan fingerprint density at radius 1 is 1.14 bits per heavy atom. The highest BCUT2D eigenvalue weighted by Crippen LogP contribution is 2.12. The van der Waals surface area contributed by atoms with Gasteiger partial charge in [0.2, 0.25) is 5.91 Å². The number of methoxy groups -OCH3 is 1. The monoisotopic (exact) mass is 302 g/mol. The van der Waals surface area contributed by atoms with Gasteiger partial charge < -0.3 is 15.4 Å². The highest BCUT2D eigenvalue weighted by atomic mass is 19.1. The van der Waals surface area contributed by atoms with Gasteiger partial charge in [-0.05, 0) is 42.5 Å². The number of halogens is 1. The van der Waals surface area contributed by atoms with E-state index in [9.17, 15) is 14.0 Å². The lowest BCUT2D eigenvalue weighted by Crippen LogP contribution is -2.32. The van der Waals surface area contributed by atoms with Gasteiger partial charge in [0.25, 0.3) is 5.91 Å². The van der Waals surface area contributed by atoms with Gasteiger partial charge in [-0.3, -0.25) is 9.59 Å². The molecule has 2 amide bonds. The van der Waals surface area contributed by atoms with Crippen LogP contribution in [0, 0.1) is 5.82 Å². The van der Waals surface area contributed by atoms with Gasteiger partial charge in [0.15, 0.2) is 0 Å². The molecule has 0 aliphatic carbocycles. The number of anilines is 1. The molecule has 0 aliphatic heterocycles. The highest BCUT2D eigenvalue weighted by molar-refractivity contribution is 5.99. The average molecular weight is 302 g/mol. The van der Waals surface area contributed by atoms with E-state index in [0.29, 0.717) is 17.0 Å². The van der Waals surface area contributed by atoms with E-state index < -0.39 is 5.91 Å². The molecule has 0 bridgehead atoms. The summed E-state index contributed by atoms with van der Waals surface area (Å²) in [4.78, 5) is 23.6. The molecule has 2 aromatic carbocycles. The molecule has 0 fully saturated rings. The molecular formula is C16H15FN2O3. The predicted octanol–water partition coefficient (Wildman–Crippen LogP) is 2.20. The third-order valence-electron chi connectivity index (χ3n) is 2.87. The number of rotatable bonds is 5. The second-order valence-electron chi connectivity index (χ2n) is 4.47. The van der Waals surface area contributed by atoms with Crippen molar-refractivity contribution in [2.45, 2.75) is 0 Å². The lowest BCUT2D eigenvalue weighted by Gasteiger charge is -2.08. The lowest BCUT2D eigenvalue weighted by atomic mass is 10.2. The minimum Gasteiger partial charge on any atom is -0.497 e. The minimum absolute atomic E-state index is 0.187. The van der Waals surface area contributed by atoms with Gasteiger partial charge in [-0.1, -0.05) is 6.07 Å². The molecule has 6 heteroatoms. The van der Waals surface area contributed by atoms with Crippen molar-refractivity contribution in [3.63, 3.8) is 0 Å².